The smallest absolute Gasteiger partial charge is 0.410 e. The molecule has 0 aromatic carbocycles. The number of nitrogens with zero attached hydrogens (tertiary/aromatic N) is 3. The van der Waals surface area contributed by atoms with Gasteiger partial charge in [0.2, 0.25) is 0 Å². The predicted octanol–water partition coefficient (Wildman–Crippen LogP) is 3.65. The Labute approximate surface area is 162 Å². The molecular formula is C20H23N3O3S. The molecule has 2 fully saturated rings. The normalized spacial score (nSPS) is 20.0. The Bertz CT molecular complexity index is 841. The minimum Gasteiger partial charge on any atom is -0.447 e. The van der Waals surface area contributed by atoms with Gasteiger partial charge in [-0.2, -0.15) is 0 Å². The minimum absolute atomic E-state index is 0.0592. The van der Waals surface area contributed by atoms with Gasteiger partial charge in [-0.25, -0.2) is 4.79 Å². The van der Waals surface area contributed by atoms with E-state index >= 15 is 0 Å². The van der Waals surface area contributed by atoms with Crippen LogP contribution in [0.4, 0.5) is 4.79 Å². The van der Waals surface area contributed by atoms with Crippen LogP contribution in [0.2, 0.25) is 0 Å². The number of piperidine rings is 1. The van der Waals surface area contributed by atoms with E-state index in [1.165, 1.54) is 11.3 Å². The maximum Gasteiger partial charge on any atom is 0.410 e. The lowest BCUT2D eigenvalue weighted by Crippen LogP contribution is -2.53. The molecule has 0 N–H and O–H groups in total. The summed E-state index contributed by atoms with van der Waals surface area (Å²) in [6, 6.07) is 9.73. The van der Waals surface area contributed by atoms with Crippen LogP contribution in [0.3, 0.4) is 0 Å². The Morgan fingerprint density at radius 2 is 2.00 bits per heavy atom. The van der Waals surface area contributed by atoms with Crippen molar-refractivity contribution in [2.24, 2.45) is 0 Å². The molecule has 4 heterocycles. The molecule has 0 atom stereocenters. The van der Waals surface area contributed by atoms with E-state index in [-0.39, 0.29) is 23.6 Å². The number of hydrogen-bond donors (Lipinski definition) is 0. The quantitative estimate of drug-likeness (QED) is 0.809. The number of likely N-dealkylation sites (tertiary alicyclic amines) is 1. The lowest BCUT2D eigenvalue weighted by atomic mass is 9.97. The maximum atomic E-state index is 12.9. The fourth-order valence-electron chi connectivity index (χ4n) is 3.85. The van der Waals surface area contributed by atoms with Crippen LogP contribution in [0.1, 0.15) is 36.4 Å². The number of cyclic esters (lactones) is 1. The van der Waals surface area contributed by atoms with Crippen molar-refractivity contribution in [2.75, 3.05) is 19.7 Å². The van der Waals surface area contributed by atoms with E-state index in [0.29, 0.717) is 19.7 Å². The number of hydrogen-bond acceptors (Lipinski definition) is 5. The number of amides is 2. The van der Waals surface area contributed by atoms with Crippen LogP contribution in [-0.2, 0) is 4.74 Å². The third-order valence-electron chi connectivity index (χ3n) is 5.25. The maximum absolute atomic E-state index is 12.9. The minimum atomic E-state index is -0.279. The van der Waals surface area contributed by atoms with Gasteiger partial charge in [-0.05, 0) is 51.0 Å². The fourth-order valence-corrected chi connectivity index (χ4v) is 4.80. The van der Waals surface area contributed by atoms with Crippen molar-refractivity contribution in [3.8, 4) is 10.6 Å². The van der Waals surface area contributed by atoms with Crippen LogP contribution in [0.5, 0.6) is 0 Å². The summed E-state index contributed by atoms with van der Waals surface area (Å²) in [5.74, 6) is 0.0592. The topological polar surface area (TPSA) is 62.7 Å². The van der Waals surface area contributed by atoms with Gasteiger partial charge in [0.1, 0.15) is 6.61 Å². The molecule has 6 nitrogen and oxygen atoms in total. The van der Waals surface area contributed by atoms with Gasteiger partial charge in [0, 0.05) is 25.3 Å². The SMILES string of the molecule is CC1(C)COC(=O)N1C1CCN(C(=O)c2ccc(-c3ccccn3)s2)CC1. The van der Waals surface area contributed by atoms with Gasteiger partial charge in [-0.1, -0.05) is 6.07 Å². The van der Waals surface area contributed by atoms with Crippen molar-refractivity contribution in [2.45, 2.75) is 38.3 Å². The van der Waals surface area contributed by atoms with Crippen LogP contribution >= 0.6 is 11.3 Å². The summed E-state index contributed by atoms with van der Waals surface area (Å²) < 4.78 is 5.22. The van der Waals surface area contributed by atoms with Crippen molar-refractivity contribution >= 4 is 23.3 Å². The molecular weight excluding hydrogens is 362 g/mol. The molecule has 2 amide bonds. The van der Waals surface area contributed by atoms with E-state index in [1.807, 2.05) is 54.0 Å². The summed E-state index contributed by atoms with van der Waals surface area (Å²) in [6.07, 6.45) is 3.08. The molecule has 4 rings (SSSR count). The first-order chi connectivity index (χ1) is 13.0. The second kappa shape index (κ2) is 6.96. The van der Waals surface area contributed by atoms with Gasteiger partial charge in [0.15, 0.2) is 0 Å². The van der Waals surface area contributed by atoms with E-state index in [0.717, 1.165) is 28.3 Å². The van der Waals surface area contributed by atoms with E-state index in [2.05, 4.69) is 4.98 Å². The van der Waals surface area contributed by atoms with Crippen molar-refractivity contribution in [3.05, 3.63) is 41.4 Å². The molecule has 0 radical (unpaired) electrons. The van der Waals surface area contributed by atoms with E-state index in [9.17, 15) is 9.59 Å². The number of carbonyl (C=O) groups is 2. The summed E-state index contributed by atoms with van der Waals surface area (Å²) in [4.78, 5) is 34.8. The Morgan fingerprint density at radius 3 is 2.63 bits per heavy atom. The van der Waals surface area contributed by atoms with Gasteiger partial charge in [-0.3, -0.25) is 14.7 Å². The molecule has 142 valence electrons. The number of ether oxygens (including phenoxy) is 1. The van der Waals surface area contributed by atoms with Crippen LogP contribution in [0, 0.1) is 0 Å². The molecule has 27 heavy (non-hydrogen) atoms. The second-order valence-corrected chi connectivity index (χ2v) is 8.72. The predicted molar refractivity (Wildman–Crippen MR) is 104 cm³/mol. The highest BCUT2D eigenvalue weighted by atomic mass is 32.1. The number of carbonyl (C=O) groups excluding carboxylic acids is 2. The fraction of sp³-hybridized carbons (Fsp3) is 0.450. The standard InChI is InChI=1S/C20H23N3O3S/c1-20(2)13-26-19(25)23(20)14-8-11-22(12-9-14)18(24)17-7-6-16(27-17)15-5-3-4-10-21-15/h3-7,10,14H,8-9,11-13H2,1-2H3. The lowest BCUT2D eigenvalue weighted by Gasteiger charge is -2.40. The Morgan fingerprint density at radius 1 is 1.22 bits per heavy atom. The number of aromatic nitrogens is 1. The van der Waals surface area contributed by atoms with E-state index < -0.39 is 0 Å². The number of thiophene rings is 1. The van der Waals surface area contributed by atoms with Crippen LogP contribution in [0.15, 0.2) is 36.5 Å². The third-order valence-corrected chi connectivity index (χ3v) is 6.34. The molecule has 2 aliphatic heterocycles. The molecule has 0 unspecified atom stereocenters. The van der Waals surface area contributed by atoms with Crippen molar-refractivity contribution < 1.29 is 14.3 Å². The average molecular weight is 385 g/mol. The monoisotopic (exact) mass is 385 g/mol. The Balaban J connectivity index is 1.41. The van der Waals surface area contributed by atoms with Gasteiger partial charge >= 0.3 is 6.09 Å². The van der Waals surface area contributed by atoms with Crippen LogP contribution in [0.25, 0.3) is 10.6 Å². The van der Waals surface area contributed by atoms with Crippen molar-refractivity contribution in [3.63, 3.8) is 0 Å². The average Bonchev–Trinajstić information content (AvgIpc) is 3.27. The molecule has 2 aliphatic rings. The second-order valence-electron chi connectivity index (χ2n) is 7.64. The lowest BCUT2D eigenvalue weighted by molar-refractivity contribution is 0.0593. The molecule has 2 aromatic rings. The molecule has 0 saturated carbocycles. The van der Waals surface area contributed by atoms with E-state index in [1.54, 1.807) is 6.20 Å². The zero-order valence-corrected chi connectivity index (χ0v) is 16.4. The highest BCUT2D eigenvalue weighted by Gasteiger charge is 2.44. The first kappa shape index (κ1) is 18.0. The summed E-state index contributed by atoms with van der Waals surface area (Å²) in [5, 5.41) is 0. The van der Waals surface area contributed by atoms with Crippen molar-refractivity contribution in [1.29, 1.82) is 0 Å². The van der Waals surface area contributed by atoms with Gasteiger partial charge in [0.05, 0.1) is 21.0 Å². The molecule has 0 spiro atoms. The van der Waals surface area contributed by atoms with Gasteiger partial charge < -0.3 is 9.64 Å². The Hall–Kier alpha value is -2.41. The molecule has 7 heteroatoms. The van der Waals surface area contributed by atoms with Crippen molar-refractivity contribution in [1.82, 2.24) is 14.8 Å². The highest BCUT2D eigenvalue weighted by Crippen LogP contribution is 2.32. The zero-order valence-electron chi connectivity index (χ0n) is 15.6. The molecule has 2 saturated heterocycles. The largest absolute Gasteiger partial charge is 0.447 e. The number of pyridine rings is 1. The molecule has 2 aromatic heterocycles. The summed E-state index contributed by atoms with van der Waals surface area (Å²) >= 11 is 1.48. The molecule has 0 aliphatic carbocycles. The van der Waals surface area contributed by atoms with Gasteiger partial charge in [-0.15, -0.1) is 11.3 Å². The first-order valence-electron chi connectivity index (χ1n) is 9.22. The Kier molecular flexibility index (Phi) is 4.63. The third kappa shape index (κ3) is 3.43. The summed E-state index contributed by atoms with van der Waals surface area (Å²) in [6.45, 7) is 5.79. The van der Waals surface area contributed by atoms with Crippen LogP contribution in [-0.4, -0.2) is 58.1 Å². The molecule has 0 bridgehead atoms. The highest BCUT2D eigenvalue weighted by molar-refractivity contribution is 7.17. The summed E-state index contributed by atoms with van der Waals surface area (Å²) in [5.41, 5.74) is 0.606. The van der Waals surface area contributed by atoms with Crippen LogP contribution < -0.4 is 0 Å². The first-order valence-corrected chi connectivity index (χ1v) is 10.0. The number of rotatable bonds is 3. The van der Waals surface area contributed by atoms with E-state index in [4.69, 9.17) is 4.74 Å². The summed E-state index contributed by atoms with van der Waals surface area (Å²) in [7, 11) is 0. The van der Waals surface area contributed by atoms with Gasteiger partial charge in [0.25, 0.3) is 5.91 Å². The zero-order chi connectivity index (χ0) is 19.0.